The van der Waals surface area contributed by atoms with Gasteiger partial charge in [-0.1, -0.05) is 31.2 Å². The van der Waals surface area contributed by atoms with Crippen molar-refractivity contribution in [1.82, 2.24) is 15.5 Å². The van der Waals surface area contributed by atoms with E-state index in [2.05, 4.69) is 22.4 Å². The van der Waals surface area contributed by atoms with Crippen molar-refractivity contribution < 1.29 is 14.3 Å². The molecule has 0 bridgehead atoms. The van der Waals surface area contributed by atoms with Crippen molar-refractivity contribution in [3.63, 3.8) is 0 Å². The van der Waals surface area contributed by atoms with Crippen molar-refractivity contribution in [1.29, 1.82) is 0 Å². The van der Waals surface area contributed by atoms with Gasteiger partial charge in [0.15, 0.2) is 6.61 Å². The molecule has 7 heteroatoms. The summed E-state index contributed by atoms with van der Waals surface area (Å²) >= 11 is 1.61. The Morgan fingerprint density at radius 1 is 1.07 bits per heavy atom. The van der Waals surface area contributed by atoms with E-state index in [0.717, 1.165) is 28.3 Å². The van der Waals surface area contributed by atoms with E-state index in [1.165, 1.54) is 0 Å². The number of amides is 1. The second-order valence-corrected chi connectivity index (χ2v) is 6.63. The van der Waals surface area contributed by atoms with E-state index in [0.29, 0.717) is 19.0 Å². The number of nitrogens with zero attached hydrogens (tertiary/aromatic N) is 2. The Labute approximate surface area is 162 Å². The number of hydrogen-bond acceptors (Lipinski definition) is 6. The molecule has 0 saturated heterocycles. The highest BCUT2D eigenvalue weighted by atomic mass is 32.1. The van der Waals surface area contributed by atoms with Gasteiger partial charge < -0.3 is 14.8 Å². The van der Waals surface area contributed by atoms with Crippen LogP contribution in [0.2, 0.25) is 0 Å². The molecule has 0 aliphatic heterocycles. The lowest BCUT2D eigenvalue weighted by atomic mass is 10.1. The molecule has 0 spiro atoms. The normalized spacial score (nSPS) is 10.4. The van der Waals surface area contributed by atoms with Crippen LogP contribution in [-0.2, 0) is 11.2 Å². The van der Waals surface area contributed by atoms with Crippen LogP contribution in [0.5, 0.6) is 11.6 Å². The second-order valence-electron chi connectivity index (χ2n) is 5.68. The van der Waals surface area contributed by atoms with Crippen molar-refractivity contribution >= 4 is 17.2 Å². The van der Waals surface area contributed by atoms with Crippen LogP contribution >= 0.6 is 11.3 Å². The Morgan fingerprint density at radius 2 is 1.96 bits per heavy atom. The van der Waals surface area contributed by atoms with Gasteiger partial charge in [-0.2, -0.15) is 0 Å². The molecule has 0 saturated carbocycles. The van der Waals surface area contributed by atoms with Crippen molar-refractivity contribution in [3.05, 3.63) is 59.5 Å². The predicted octanol–water partition coefficient (Wildman–Crippen LogP) is 3.34. The van der Waals surface area contributed by atoms with Crippen LogP contribution < -0.4 is 14.8 Å². The molecule has 27 heavy (non-hydrogen) atoms. The molecular weight excluding hydrogens is 362 g/mol. The van der Waals surface area contributed by atoms with Gasteiger partial charge in [0.2, 0.25) is 5.88 Å². The molecule has 1 amide bonds. The predicted molar refractivity (Wildman–Crippen MR) is 105 cm³/mol. The molecule has 1 N–H and O–H groups in total. The number of thiophene rings is 1. The molecule has 1 aromatic carbocycles. The monoisotopic (exact) mass is 383 g/mol. The van der Waals surface area contributed by atoms with Gasteiger partial charge in [-0.25, -0.2) is 0 Å². The Bertz CT molecular complexity index is 851. The molecular formula is C20H21N3O3S. The summed E-state index contributed by atoms with van der Waals surface area (Å²) in [5.74, 6) is 0.980. The first-order valence-electron chi connectivity index (χ1n) is 8.74. The van der Waals surface area contributed by atoms with Crippen LogP contribution in [0.25, 0.3) is 10.6 Å². The van der Waals surface area contributed by atoms with E-state index in [1.807, 2.05) is 47.8 Å². The number of para-hydroxylation sites is 1. The van der Waals surface area contributed by atoms with E-state index in [-0.39, 0.29) is 12.5 Å². The summed E-state index contributed by atoms with van der Waals surface area (Å²) in [6.45, 7) is 2.71. The van der Waals surface area contributed by atoms with Gasteiger partial charge in [-0.3, -0.25) is 4.79 Å². The maximum absolute atomic E-state index is 11.9. The van der Waals surface area contributed by atoms with Crippen LogP contribution in [0, 0.1) is 0 Å². The van der Waals surface area contributed by atoms with Gasteiger partial charge in [0, 0.05) is 6.07 Å². The summed E-state index contributed by atoms with van der Waals surface area (Å²) < 4.78 is 11.1. The lowest BCUT2D eigenvalue weighted by molar-refractivity contribution is -0.123. The SMILES string of the molecule is CCc1ccccc1OCC(=O)NCCOc1ccc(-c2cccs2)nn1. The standard InChI is InChI=1S/C20H21N3O3S/c1-2-15-6-3-4-7-17(15)26-14-19(24)21-11-12-25-20-10-9-16(22-23-20)18-8-5-13-27-18/h3-10,13H,2,11-12,14H2,1H3,(H,21,24). The Morgan fingerprint density at radius 3 is 2.70 bits per heavy atom. The molecule has 0 radical (unpaired) electrons. The summed E-state index contributed by atoms with van der Waals surface area (Å²) in [7, 11) is 0. The molecule has 140 valence electrons. The smallest absolute Gasteiger partial charge is 0.258 e. The molecule has 0 fully saturated rings. The van der Waals surface area contributed by atoms with Gasteiger partial charge in [0.1, 0.15) is 18.1 Å². The highest BCUT2D eigenvalue weighted by molar-refractivity contribution is 7.13. The number of hydrogen-bond donors (Lipinski definition) is 1. The lowest BCUT2D eigenvalue weighted by Gasteiger charge is -2.10. The van der Waals surface area contributed by atoms with Crippen molar-refractivity contribution in [2.45, 2.75) is 13.3 Å². The molecule has 0 atom stereocenters. The minimum Gasteiger partial charge on any atom is -0.483 e. The maximum atomic E-state index is 11.9. The summed E-state index contributed by atoms with van der Waals surface area (Å²) in [5.41, 5.74) is 1.90. The largest absolute Gasteiger partial charge is 0.483 e. The molecule has 0 aliphatic carbocycles. The number of carbonyl (C=O) groups is 1. The fourth-order valence-electron chi connectivity index (χ4n) is 2.43. The molecule has 0 unspecified atom stereocenters. The maximum Gasteiger partial charge on any atom is 0.258 e. The molecule has 2 aromatic heterocycles. The van der Waals surface area contributed by atoms with E-state index in [4.69, 9.17) is 9.47 Å². The summed E-state index contributed by atoms with van der Waals surface area (Å²) in [5, 5.41) is 12.9. The highest BCUT2D eigenvalue weighted by Crippen LogP contribution is 2.22. The zero-order chi connectivity index (χ0) is 18.9. The number of aromatic nitrogens is 2. The number of aryl methyl sites for hydroxylation is 1. The molecule has 6 nitrogen and oxygen atoms in total. The third kappa shape index (κ3) is 5.52. The topological polar surface area (TPSA) is 73.3 Å². The number of rotatable bonds is 9. The van der Waals surface area contributed by atoms with Crippen molar-refractivity contribution in [2.24, 2.45) is 0 Å². The quantitative estimate of drug-likeness (QED) is 0.574. The first-order valence-corrected chi connectivity index (χ1v) is 9.62. The van der Waals surface area contributed by atoms with Crippen LogP contribution in [0.1, 0.15) is 12.5 Å². The average Bonchev–Trinajstić information content (AvgIpc) is 3.25. The zero-order valence-electron chi connectivity index (χ0n) is 15.1. The first-order chi connectivity index (χ1) is 13.3. The first kappa shape index (κ1) is 18.8. The molecule has 2 heterocycles. The zero-order valence-corrected chi connectivity index (χ0v) is 15.9. The summed E-state index contributed by atoms with van der Waals surface area (Å²) in [6, 6.07) is 15.3. The Balaban J connectivity index is 1.36. The number of ether oxygens (including phenoxy) is 2. The van der Waals surface area contributed by atoms with Crippen LogP contribution in [-0.4, -0.2) is 35.9 Å². The van der Waals surface area contributed by atoms with Gasteiger partial charge in [0.25, 0.3) is 5.91 Å². The average molecular weight is 383 g/mol. The molecule has 0 aliphatic rings. The summed E-state index contributed by atoms with van der Waals surface area (Å²) in [6.07, 6.45) is 0.859. The second kappa shape index (κ2) is 9.68. The van der Waals surface area contributed by atoms with Gasteiger partial charge in [-0.05, 0) is 35.6 Å². The highest BCUT2D eigenvalue weighted by Gasteiger charge is 2.06. The fourth-order valence-corrected chi connectivity index (χ4v) is 3.12. The number of benzene rings is 1. The van der Waals surface area contributed by atoms with Crippen LogP contribution in [0.15, 0.2) is 53.9 Å². The van der Waals surface area contributed by atoms with Crippen LogP contribution in [0.3, 0.4) is 0 Å². The fraction of sp³-hybridized carbons (Fsp3) is 0.250. The van der Waals surface area contributed by atoms with Gasteiger partial charge >= 0.3 is 0 Å². The van der Waals surface area contributed by atoms with Crippen molar-refractivity contribution in [2.75, 3.05) is 19.8 Å². The minimum absolute atomic E-state index is 0.0215. The Hall–Kier alpha value is -2.93. The third-order valence-electron chi connectivity index (χ3n) is 3.80. The van der Waals surface area contributed by atoms with Crippen molar-refractivity contribution in [3.8, 4) is 22.2 Å². The van der Waals surface area contributed by atoms with E-state index < -0.39 is 0 Å². The van der Waals surface area contributed by atoms with Gasteiger partial charge in [0.05, 0.1) is 11.4 Å². The van der Waals surface area contributed by atoms with E-state index >= 15 is 0 Å². The lowest BCUT2D eigenvalue weighted by Crippen LogP contribution is -2.32. The van der Waals surface area contributed by atoms with Gasteiger partial charge in [-0.15, -0.1) is 21.5 Å². The number of carbonyl (C=O) groups excluding carboxylic acids is 1. The molecule has 3 rings (SSSR count). The summed E-state index contributed by atoms with van der Waals surface area (Å²) in [4.78, 5) is 12.9. The number of nitrogens with one attached hydrogen (secondary N) is 1. The molecule has 3 aromatic rings. The van der Waals surface area contributed by atoms with Crippen LogP contribution in [0.4, 0.5) is 0 Å². The van der Waals surface area contributed by atoms with E-state index in [1.54, 1.807) is 17.4 Å². The van der Waals surface area contributed by atoms with E-state index in [9.17, 15) is 4.79 Å². The minimum atomic E-state index is -0.191. The third-order valence-corrected chi connectivity index (χ3v) is 4.69. The Kier molecular flexibility index (Phi) is 6.76.